The zero-order chi connectivity index (χ0) is 16.3. The number of rotatable bonds is 5. The molecule has 118 valence electrons. The fourth-order valence-electron chi connectivity index (χ4n) is 2.19. The Morgan fingerprint density at radius 3 is 1.91 bits per heavy atom. The standard InChI is InChI=1S/C14H15Cl2N3S3/c1-7(12-9(15)3-5-21-12)11(18-19-14(17)20)8(2)13-10(16)4-6-22-13/h3-8H,1-2H3,(H3,17,19,20). The van der Waals surface area contributed by atoms with Gasteiger partial charge in [0, 0.05) is 21.6 Å². The largest absolute Gasteiger partial charge is 0.375 e. The first-order valence-electron chi connectivity index (χ1n) is 6.50. The molecule has 0 aliphatic heterocycles. The van der Waals surface area contributed by atoms with Crippen LogP contribution in [0.4, 0.5) is 0 Å². The number of nitrogens with zero attached hydrogens (tertiary/aromatic N) is 1. The molecule has 2 rings (SSSR count). The average Bonchev–Trinajstić information content (AvgIpc) is 3.06. The molecule has 0 saturated carbocycles. The Labute approximate surface area is 153 Å². The smallest absolute Gasteiger partial charge is 0.184 e. The zero-order valence-electron chi connectivity index (χ0n) is 12.0. The van der Waals surface area contributed by atoms with Crippen molar-refractivity contribution < 1.29 is 0 Å². The van der Waals surface area contributed by atoms with Crippen LogP contribution in [-0.2, 0) is 0 Å². The van der Waals surface area contributed by atoms with Crippen LogP contribution >= 0.6 is 58.1 Å². The summed E-state index contributed by atoms with van der Waals surface area (Å²) >= 11 is 20.6. The van der Waals surface area contributed by atoms with Crippen molar-refractivity contribution in [3.8, 4) is 0 Å². The zero-order valence-corrected chi connectivity index (χ0v) is 15.9. The molecule has 2 atom stereocenters. The van der Waals surface area contributed by atoms with E-state index in [1.54, 1.807) is 22.7 Å². The van der Waals surface area contributed by atoms with Crippen LogP contribution in [0.3, 0.4) is 0 Å². The summed E-state index contributed by atoms with van der Waals surface area (Å²) < 4.78 is 0. The van der Waals surface area contributed by atoms with E-state index in [4.69, 9.17) is 41.2 Å². The van der Waals surface area contributed by atoms with Crippen molar-refractivity contribution in [3.05, 3.63) is 42.7 Å². The van der Waals surface area contributed by atoms with Gasteiger partial charge in [-0.2, -0.15) is 5.10 Å². The number of thiophene rings is 2. The molecule has 3 N–H and O–H groups in total. The summed E-state index contributed by atoms with van der Waals surface area (Å²) in [5, 5.41) is 9.96. The van der Waals surface area contributed by atoms with Crippen LogP contribution in [0, 0.1) is 0 Å². The van der Waals surface area contributed by atoms with Gasteiger partial charge in [0.2, 0.25) is 0 Å². The third-order valence-corrected chi connectivity index (χ3v) is 6.43. The van der Waals surface area contributed by atoms with E-state index < -0.39 is 0 Å². The van der Waals surface area contributed by atoms with Gasteiger partial charge >= 0.3 is 0 Å². The van der Waals surface area contributed by atoms with Crippen molar-refractivity contribution in [3.63, 3.8) is 0 Å². The molecule has 0 saturated heterocycles. The Bertz CT molecular complexity index is 645. The number of halogens is 2. The topological polar surface area (TPSA) is 50.4 Å². The van der Waals surface area contributed by atoms with E-state index in [2.05, 4.69) is 24.4 Å². The lowest BCUT2D eigenvalue weighted by Gasteiger charge is -2.20. The fraction of sp³-hybridized carbons (Fsp3) is 0.286. The van der Waals surface area contributed by atoms with E-state index in [-0.39, 0.29) is 16.9 Å². The van der Waals surface area contributed by atoms with Crippen LogP contribution in [0.1, 0.15) is 35.4 Å². The summed E-state index contributed by atoms with van der Waals surface area (Å²) in [5.74, 6) is 0.0602. The van der Waals surface area contributed by atoms with Gasteiger partial charge in [0.25, 0.3) is 0 Å². The Kier molecular flexibility index (Phi) is 6.23. The van der Waals surface area contributed by atoms with E-state index in [1.165, 1.54) is 0 Å². The Morgan fingerprint density at radius 1 is 1.14 bits per heavy atom. The maximum absolute atomic E-state index is 6.26. The lowest BCUT2D eigenvalue weighted by molar-refractivity contribution is 0.885. The number of thiocarbonyl (C=S) groups is 1. The monoisotopic (exact) mass is 391 g/mol. The van der Waals surface area contributed by atoms with Gasteiger partial charge in [-0.1, -0.05) is 37.0 Å². The lowest BCUT2D eigenvalue weighted by Crippen LogP contribution is -2.28. The first kappa shape index (κ1) is 17.7. The molecule has 3 nitrogen and oxygen atoms in total. The number of hydrogen-bond acceptors (Lipinski definition) is 4. The molecule has 0 fully saturated rings. The molecule has 0 aromatic carbocycles. The summed E-state index contributed by atoms with van der Waals surface area (Å²) in [6, 6.07) is 3.78. The van der Waals surface area contributed by atoms with Crippen LogP contribution in [0.5, 0.6) is 0 Å². The molecule has 2 aromatic heterocycles. The van der Waals surface area contributed by atoms with Crippen molar-refractivity contribution in [2.75, 3.05) is 0 Å². The van der Waals surface area contributed by atoms with Crippen LogP contribution in [0.25, 0.3) is 0 Å². The van der Waals surface area contributed by atoms with E-state index in [0.29, 0.717) is 0 Å². The van der Waals surface area contributed by atoms with E-state index in [9.17, 15) is 0 Å². The summed E-state index contributed by atoms with van der Waals surface area (Å²) in [6.07, 6.45) is 0. The van der Waals surface area contributed by atoms with Gasteiger partial charge < -0.3 is 5.73 Å². The molecule has 0 amide bonds. The summed E-state index contributed by atoms with van der Waals surface area (Å²) in [4.78, 5) is 2.12. The van der Waals surface area contributed by atoms with Gasteiger partial charge in [0.05, 0.1) is 15.8 Å². The summed E-state index contributed by atoms with van der Waals surface area (Å²) in [6.45, 7) is 4.13. The number of nitrogens with one attached hydrogen (secondary N) is 1. The molecule has 22 heavy (non-hydrogen) atoms. The molecule has 2 aromatic rings. The van der Waals surface area contributed by atoms with E-state index in [1.807, 2.05) is 22.9 Å². The highest BCUT2D eigenvalue weighted by Gasteiger charge is 2.26. The van der Waals surface area contributed by atoms with Crippen molar-refractivity contribution in [1.29, 1.82) is 0 Å². The Hall–Kier alpha value is -0.660. The van der Waals surface area contributed by atoms with Gasteiger partial charge in [0.1, 0.15) is 0 Å². The molecule has 0 spiro atoms. The molecule has 2 unspecified atom stereocenters. The minimum Gasteiger partial charge on any atom is -0.375 e. The first-order valence-corrected chi connectivity index (χ1v) is 9.42. The Morgan fingerprint density at radius 2 is 1.59 bits per heavy atom. The van der Waals surface area contributed by atoms with Gasteiger partial charge in [-0.25, -0.2) is 0 Å². The minimum absolute atomic E-state index is 0.0301. The van der Waals surface area contributed by atoms with E-state index in [0.717, 1.165) is 25.5 Å². The van der Waals surface area contributed by atoms with Gasteiger partial charge in [-0.05, 0) is 35.1 Å². The second-order valence-electron chi connectivity index (χ2n) is 4.72. The van der Waals surface area contributed by atoms with Crippen molar-refractivity contribution >= 4 is 68.9 Å². The highest BCUT2D eigenvalue weighted by molar-refractivity contribution is 7.80. The number of nitrogens with two attached hydrogens (primary N) is 1. The average molecular weight is 392 g/mol. The third kappa shape index (κ3) is 4.00. The maximum Gasteiger partial charge on any atom is 0.184 e. The number of hydrazone groups is 1. The quantitative estimate of drug-likeness (QED) is 0.417. The van der Waals surface area contributed by atoms with Crippen LogP contribution in [0.2, 0.25) is 10.0 Å². The second-order valence-corrected chi connectivity index (χ2v) is 7.87. The highest BCUT2D eigenvalue weighted by atomic mass is 35.5. The van der Waals surface area contributed by atoms with Crippen molar-refractivity contribution in [2.45, 2.75) is 25.7 Å². The molecule has 0 radical (unpaired) electrons. The summed E-state index contributed by atoms with van der Waals surface area (Å²) in [5.41, 5.74) is 9.09. The molecule has 0 bridgehead atoms. The number of hydrogen-bond donors (Lipinski definition) is 2. The first-order chi connectivity index (χ1) is 10.4. The predicted molar refractivity (Wildman–Crippen MR) is 103 cm³/mol. The SMILES string of the molecule is CC(C(=NNC(N)=S)C(C)c1sccc1Cl)c1sccc1Cl. The third-order valence-electron chi connectivity index (χ3n) is 3.26. The molecule has 0 aliphatic rings. The van der Waals surface area contributed by atoms with Gasteiger partial charge in [-0.3, -0.25) is 5.43 Å². The van der Waals surface area contributed by atoms with Crippen LogP contribution < -0.4 is 11.2 Å². The predicted octanol–water partition coefficient (Wildman–Crippen LogP) is 5.21. The van der Waals surface area contributed by atoms with E-state index >= 15 is 0 Å². The second kappa shape index (κ2) is 7.75. The summed E-state index contributed by atoms with van der Waals surface area (Å²) in [7, 11) is 0. The Balaban J connectivity index is 2.39. The molecular formula is C14H15Cl2N3S3. The lowest BCUT2D eigenvalue weighted by atomic mass is 9.92. The van der Waals surface area contributed by atoms with Crippen molar-refractivity contribution in [1.82, 2.24) is 5.43 Å². The highest BCUT2D eigenvalue weighted by Crippen LogP contribution is 2.38. The minimum atomic E-state index is 0.0301. The van der Waals surface area contributed by atoms with Crippen LogP contribution in [-0.4, -0.2) is 10.8 Å². The fourth-order valence-corrected chi connectivity index (χ4v) is 4.81. The van der Waals surface area contributed by atoms with Gasteiger partial charge in [0.15, 0.2) is 5.11 Å². The van der Waals surface area contributed by atoms with Crippen molar-refractivity contribution in [2.24, 2.45) is 10.8 Å². The molecule has 0 aliphatic carbocycles. The molecular weight excluding hydrogens is 377 g/mol. The normalized spacial score (nSPS) is 13.5. The molecule has 8 heteroatoms. The molecule has 2 heterocycles. The van der Waals surface area contributed by atoms with Crippen LogP contribution in [0.15, 0.2) is 28.0 Å². The van der Waals surface area contributed by atoms with Gasteiger partial charge in [-0.15, -0.1) is 22.7 Å². The maximum atomic E-state index is 6.26.